The smallest absolute Gasteiger partial charge is 0.287 e. The molecule has 2 atom stereocenters. The van der Waals surface area contributed by atoms with Gasteiger partial charge in [0, 0.05) is 25.7 Å². The number of ether oxygens (including phenoxy) is 1. The summed E-state index contributed by atoms with van der Waals surface area (Å²) in [6.45, 7) is 3.03. The Bertz CT molecular complexity index is 1510. The zero-order valence-electron chi connectivity index (χ0n) is 24.7. The van der Waals surface area contributed by atoms with Gasteiger partial charge in [-0.2, -0.15) is 11.1 Å². The molecule has 0 spiro atoms. The molecule has 1 saturated heterocycles. The van der Waals surface area contributed by atoms with Crippen LogP contribution in [0.4, 0.5) is 4.39 Å². The van der Waals surface area contributed by atoms with E-state index in [9.17, 15) is 14.3 Å². The number of fused-ring (bicyclic) bond motifs is 1. The van der Waals surface area contributed by atoms with E-state index in [1.807, 2.05) is 30.3 Å². The predicted octanol–water partition coefficient (Wildman–Crippen LogP) is 4.20. The number of hydrazine groups is 3. The largest absolute Gasteiger partial charge is 0.489 e. The summed E-state index contributed by atoms with van der Waals surface area (Å²) in [6, 6.07) is 17.3. The molecule has 11 heteroatoms. The van der Waals surface area contributed by atoms with Crippen LogP contribution >= 0.6 is 11.6 Å². The van der Waals surface area contributed by atoms with Crippen LogP contribution < -0.4 is 21.2 Å². The van der Waals surface area contributed by atoms with Crippen molar-refractivity contribution in [1.29, 1.82) is 0 Å². The highest BCUT2D eigenvalue weighted by Gasteiger charge is 2.28. The lowest BCUT2D eigenvalue weighted by molar-refractivity contribution is -0.126. The second kappa shape index (κ2) is 13.7. The van der Waals surface area contributed by atoms with Gasteiger partial charge in [-0.3, -0.25) is 14.8 Å². The highest BCUT2D eigenvalue weighted by molar-refractivity contribution is 6.45. The van der Waals surface area contributed by atoms with Gasteiger partial charge in [-0.1, -0.05) is 48.0 Å². The van der Waals surface area contributed by atoms with E-state index in [1.165, 1.54) is 17.1 Å². The number of amides is 1. The van der Waals surface area contributed by atoms with Crippen LogP contribution in [0.3, 0.4) is 0 Å². The van der Waals surface area contributed by atoms with Crippen LogP contribution in [-0.2, 0) is 11.2 Å². The summed E-state index contributed by atoms with van der Waals surface area (Å²) in [5, 5.41) is 13.2. The first kappa shape index (κ1) is 30.6. The van der Waals surface area contributed by atoms with E-state index in [4.69, 9.17) is 16.3 Å². The molecule has 6 rings (SSSR count). The molecule has 3 aromatic carbocycles. The second-order valence-corrected chi connectivity index (χ2v) is 12.1. The minimum Gasteiger partial charge on any atom is -0.489 e. The minimum atomic E-state index is -0.872. The quantitative estimate of drug-likeness (QED) is 0.225. The first-order chi connectivity index (χ1) is 21.4. The zero-order chi connectivity index (χ0) is 30.6. The fourth-order valence-electron chi connectivity index (χ4n) is 5.69. The van der Waals surface area contributed by atoms with Crippen LogP contribution in [0.25, 0.3) is 11.1 Å². The lowest BCUT2D eigenvalue weighted by Crippen LogP contribution is -2.59. The van der Waals surface area contributed by atoms with Crippen LogP contribution in [-0.4, -0.2) is 72.0 Å². The molecule has 44 heavy (non-hydrogen) atoms. The number of aliphatic hydroxyl groups is 1. The molecular weight excluding hydrogens is 583 g/mol. The number of aliphatic hydroxyl groups excluding tert-OH is 1. The number of aliphatic imine (C=N–C) groups is 1. The summed E-state index contributed by atoms with van der Waals surface area (Å²) >= 11 is 6.49. The van der Waals surface area contributed by atoms with Gasteiger partial charge < -0.3 is 14.7 Å². The van der Waals surface area contributed by atoms with Gasteiger partial charge in [0.25, 0.3) is 5.91 Å². The first-order valence-corrected chi connectivity index (χ1v) is 15.6. The summed E-state index contributed by atoms with van der Waals surface area (Å²) < 4.78 is 19.3. The summed E-state index contributed by atoms with van der Waals surface area (Å²) in [4.78, 5) is 20.3. The molecule has 1 aliphatic carbocycles. The van der Waals surface area contributed by atoms with E-state index in [2.05, 4.69) is 26.4 Å². The molecule has 1 amide bonds. The summed E-state index contributed by atoms with van der Waals surface area (Å²) in [6.07, 6.45) is 4.40. The summed E-state index contributed by atoms with van der Waals surface area (Å²) in [7, 11) is 1.62. The van der Waals surface area contributed by atoms with E-state index < -0.39 is 12.1 Å². The van der Waals surface area contributed by atoms with E-state index >= 15 is 0 Å². The Morgan fingerprint density at radius 3 is 2.59 bits per heavy atom. The van der Waals surface area contributed by atoms with Gasteiger partial charge in [0.05, 0.1) is 23.3 Å². The van der Waals surface area contributed by atoms with Gasteiger partial charge in [-0.15, -0.1) is 0 Å². The number of likely N-dealkylation sites (N-methyl/N-ethyl adjacent to an activating group) is 1. The number of carbonyl (C=O) groups excluding carboxylic acids is 1. The molecule has 232 valence electrons. The third-order valence-corrected chi connectivity index (χ3v) is 8.62. The molecule has 1 saturated carbocycles. The number of hydrogen-bond acceptors (Lipinski definition) is 8. The highest BCUT2D eigenvalue weighted by atomic mass is 35.5. The first-order valence-electron chi connectivity index (χ1n) is 15.2. The number of nitrogens with zero attached hydrogens (tertiary/aromatic N) is 3. The Morgan fingerprint density at radius 2 is 1.86 bits per heavy atom. The van der Waals surface area contributed by atoms with Crippen molar-refractivity contribution in [2.24, 2.45) is 4.99 Å². The summed E-state index contributed by atoms with van der Waals surface area (Å²) in [5.41, 5.74) is 13.7. The van der Waals surface area contributed by atoms with Gasteiger partial charge >= 0.3 is 0 Å². The molecule has 0 radical (unpaired) electrons. The van der Waals surface area contributed by atoms with Crippen molar-refractivity contribution in [3.8, 4) is 16.9 Å². The Hall–Kier alpha value is -3.38. The van der Waals surface area contributed by atoms with Crippen LogP contribution in [0.1, 0.15) is 48.5 Å². The standard InChI is InChI=1S/C33H38ClFN6O3/c1-40(33(43)31-27-12-6-22(18-23(27)14-15-36-31)21-4-8-25(35)9-5-21)39-38-37-29(20-41-16-2-3-17-41)32(42)24-7-13-30(28(34)19-24)44-26-10-11-26/h4-9,12-13,18-19,26,29,32,37-39,42H,2-3,10-11,14-17,20H2,1H3/t29-,32-/m1/s1. The van der Waals surface area contributed by atoms with Crippen LogP contribution in [0.5, 0.6) is 5.75 Å². The zero-order valence-corrected chi connectivity index (χ0v) is 25.5. The summed E-state index contributed by atoms with van der Waals surface area (Å²) in [5.74, 6) is 0.0527. The lowest BCUT2D eigenvalue weighted by atomic mass is 9.93. The Kier molecular flexibility index (Phi) is 9.56. The van der Waals surface area contributed by atoms with Crippen molar-refractivity contribution in [3.05, 3.63) is 88.2 Å². The Labute approximate surface area is 262 Å². The fraction of sp³-hybridized carbons (Fsp3) is 0.394. The molecule has 3 aliphatic rings. The van der Waals surface area contributed by atoms with E-state index in [1.54, 1.807) is 25.2 Å². The molecule has 0 unspecified atom stereocenters. The molecule has 2 heterocycles. The average molecular weight is 621 g/mol. The number of benzene rings is 3. The van der Waals surface area contributed by atoms with E-state index in [0.29, 0.717) is 41.6 Å². The Morgan fingerprint density at radius 1 is 1.11 bits per heavy atom. The SMILES string of the molecule is CN(NNN[C@H](CN1CCCC1)[C@H](O)c1ccc(OC2CC2)c(Cl)c1)C(=O)C1=NCCc2cc(-c3ccc(F)cc3)ccc21. The van der Waals surface area contributed by atoms with Crippen molar-refractivity contribution in [2.45, 2.75) is 50.4 Å². The van der Waals surface area contributed by atoms with Crippen molar-refractivity contribution < 1.29 is 19.0 Å². The Balaban J connectivity index is 1.09. The number of halogens is 2. The van der Waals surface area contributed by atoms with Crippen molar-refractivity contribution in [3.63, 3.8) is 0 Å². The molecule has 2 fully saturated rings. The topological polar surface area (TPSA) is 101 Å². The van der Waals surface area contributed by atoms with Crippen molar-refractivity contribution >= 4 is 23.2 Å². The molecule has 4 N–H and O–H groups in total. The van der Waals surface area contributed by atoms with E-state index in [-0.39, 0.29) is 17.8 Å². The maximum absolute atomic E-state index is 13.5. The number of carbonyl (C=O) groups is 1. The van der Waals surface area contributed by atoms with Crippen molar-refractivity contribution in [1.82, 2.24) is 26.4 Å². The van der Waals surface area contributed by atoms with E-state index in [0.717, 1.165) is 61.0 Å². The minimum absolute atomic E-state index is 0.231. The number of rotatable bonds is 12. The average Bonchev–Trinajstić information content (AvgIpc) is 3.71. The second-order valence-electron chi connectivity index (χ2n) is 11.7. The van der Waals surface area contributed by atoms with Gasteiger partial charge in [0.2, 0.25) is 0 Å². The van der Waals surface area contributed by atoms with Gasteiger partial charge in [0.15, 0.2) is 0 Å². The number of nitrogens with one attached hydrogen (secondary N) is 3. The monoisotopic (exact) mass is 620 g/mol. The highest BCUT2D eigenvalue weighted by Crippen LogP contribution is 2.34. The third-order valence-electron chi connectivity index (χ3n) is 8.33. The maximum atomic E-state index is 13.5. The van der Waals surface area contributed by atoms with Crippen LogP contribution in [0.15, 0.2) is 65.7 Å². The van der Waals surface area contributed by atoms with Gasteiger partial charge in [-0.25, -0.2) is 9.82 Å². The molecule has 9 nitrogen and oxygen atoms in total. The maximum Gasteiger partial charge on any atom is 0.287 e. The molecule has 0 bridgehead atoms. The van der Waals surface area contributed by atoms with Gasteiger partial charge in [-0.05, 0) is 91.7 Å². The van der Waals surface area contributed by atoms with Crippen LogP contribution in [0.2, 0.25) is 5.02 Å². The normalized spacial score (nSPS) is 18.0. The van der Waals surface area contributed by atoms with Gasteiger partial charge in [0.1, 0.15) is 17.3 Å². The number of likely N-dealkylation sites (tertiary alicyclic amines) is 1. The lowest BCUT2D eigenvalue weighted by Gasteiger charge is -2.30. The molecule has 3 aromatic rings. The fourth-order valence-corrected chi connectivity index (χ4v) is 5.92. The third kappa shape index (κ3) is 7.28. The molecule has 2 aliphatic heterocycles. The van der Waals surface area contributed by atoms with Crippen molar-refractivity contribution in [2.75, 3.05) is 33.2 Å². The predicted molar refractivity (Wildman–Crippen MR) is 169 cm³/mol. The number of hydrogen-bond donors (Lipinski definition) is 4. The van der Waals surface area contributed by atoms with Crippen LogP contribution in [0, 0.1) is 5.82 Å². The molecule has 0 aromatic heterocycles. The molecular formula is C33H38ClFN6O3.